The Balaban J connectivity index is 2.10. The number of nitrogens with one attached hydrogen (secondary N) is 1. The summed E-state index contributed by atoms with van der Waals surface area (Å²) in [7, 11) is 4.12. The Bertz CT molecular complexity index is 629. The molecule has 0 aliphatic carbocycles. The van der Waals surface area contributed by atoms with Gasteiger partial charge in [0.25, 0.3) is 0 Å². The highest BCUT2D eigenvalue weighted by atomic mass is 16.5. The van der Waals surface area contributed by atoms with Gasteiger partial charge in [-0.2, -0.15) is 0 Å². The third kappa shape index (κ3) is 22.4. The fraction of sp³-hybridized carbons (Fsp3) is 0.943. The van der Waals surface area contributed by atoms with Crippen molar-refractivity contribution in [1.29, 1.82) is 0 Å². The smallest absolute Gasteiger partial charge is 0.323 e. The minimum atomic E-state index is -0.249. The third-order valence-electron chi connectivity index (χ3n) is 8.31. The van der Waals surface area contributed by atoms with Crippen LogP contribution in [0.2, 0.25) is 0 Å². The quantitative estimate of drug-likeness (QED) is 0.0693. The van der Waals surface area contributed by atoms with Gasteiger partial charge in [-0.1, -0.05) is 97.3 Å². The van der Waals surface area contributed by atoms with Gasteiger partial charge in [0.2, 0.25) is 0 Å². The number of unbranched alkanes of at least 4 members (excludes halogenated alkanes) is 14. The van der Waals surface area contributed by atoms with Crippen molar-refractivity contribution in [2.45, 2.75) is 173 Å². The van der Waals surface area contributed by atoms with Crippen LogP contribution >= 0.6 is 0 Å². The number of ether oxygens (including phenoxy) is 3. The second-order valence-electron chi connectivity index (χ2n) is 12.8. The maximum atomic E-state index is 12.6. The summed E-state index contributed by atoms with van der Waals surface area (Å²) < 4.78 is 17.3. The first-order valence-corrected chi connectivity index (χ1v) is 17.8. The summed E-state index contributed by atoms with van der Waals surface area (Å²) in [4.78, 5) is 27.1. The minimum absolute atomic E-state index is 0.0186. The van der Waals surface area contributed by atoms with Crippen LogP contribution < -0.4 is 5.32 Å². The predicted octanol–water partition coefficient (Wildman–Crippen LogP) is 7.98. The second-order valence-corrected chi connectivity index (χ2v) is 12.8. The molecule has 1 saturated heterocycles. The SMILES string of the molecule is CCCCCCCCC(CCCCCCCC)OC(=O)CCCCCCCOC(=O)[C@@H]1CC(OCCCN(C)C)CN1. The average molecular weight is 597 g/mol. The fourth-order valence-electron chi connectivity index (χ4n) is 5.63. The molecule has 7 nitrogen and oxygen atoms in total. The Morgan fingerprint density at radius 3 is 1.93 bits per heavy atom. The summed E-state index contributed by atoms with van der Waals surface area (Å²) in [6, 6.07) is -0.249. The molecule has 1 unspecified atom stereocenters. The highest BCUT2D eigenvalue weighted by Gasteiger charge is 2.30. The normalized spacial score (nSPS) is 16.9. The Labute approximate surface area is 259 Å². The van der Waals surface area contributed by atoms with E-state index in [-0.39, 0.29) is 30.2 Å². The summed E-state index contributed by atoms with van der Waals surface area (Å²) >= 11 is 0. The molecule has 7 heteroatoms. The lowest BCUT2D eigenvalue weighted by Gasteiger charge is -2.18. The van der Waals surface area contributed by atoms with Gasteiger partial charge in [0.05, 0.1) is 12.7 Å². The maximum Gasteiger partial charge on any atom is 0.323 e. The number of esters is 2. The van der Waals surface area contributed by atoms with Gasteiger partial charge in [0.1, 0.15) is 12.1 Å². The van der Waals surface area contributed by atoms with Crippen LogP contribution in [0.3, 0.4) is 0 Å². The number of hydrogen-bond acceptors (Lipinski definition) is 7. The molecule has 0 radical (unpaired) electrons. The second kappa shape index (κ2) is 27.4. The van der Waals surface area contributed by atoms with E-state index in [2.05, 4.69) is 38.2 Å². The number of carbonyl (C=O) groups excluding carboxylic acids is 2. The summed E-state index contributed by atoms with van der Waals surface area (Å²) in [5.74, 6) is -0.177. The lowest BCUT2D eigenvalue weighted by Crippen LogP contribution is -2.32. The molecule has 1 fully saturated rings. The van der Waals surface area contributed by atoms with Gasteiger partial charge < -0.3 is 24.4 Å². The molecule has 0 spiro atoms. The average Bonchev–Trinajstić information content (AvgIpc) is 3.45. The zero-order chi connectivity index (χ0) is 30.7. The van der Waals surface area contributed by atoms with Gasteiger partial charge in [-0.15, -0.1) is 0 Å². The van der Waals surface area contributed by atoms with Gasteiger partial charge in [-0.3, -0.25) is 9.59 Å². The molecule has 1 aliphatic heterocycles. The van der Waals surface area contributed by atoms with E-state index in [9.17, 15) is 9.59 Å². The topological polar surface area (TPSA) is 77.1 Å². The van der Waals surface area contributed by atoms with Gasteiger partial charge in [0, 0.05) is 26.0 Å². The van der Waals surface area contributed by atoms with Crippen LogP contribution in [0.15, 0.2) is 0 Å². The van der Waals surface area contributed by atoms with Crippen molar-refractivity contribution in [2.24, 2.45) is 0 Å². The molecule has 1 heterocycles. The minimum Gasteiger partial charge on any atom is -0.465 e. The standard InChI is InChI=1S/C35H68N2O5/c1-5-7-9-11-14-18-23-31(24-19-15-12-10-8-6-2)42-34(38)25-20-16-13-17-21-27-41-35(39)33-29-32(30-36-33)40-28-22-26-37(3)4/h31-33,36H,5-30H2,1-4H3/t32?,33-/m0/s1. The molecule has 0 aromatic heterocycles. The van der Waals surface area contributed by atoms with E-state index >= 15 is 0 Å². The molecule has 2 atom stereocenters. The predicted molar refractivity (Wildman–Crippen MR) is 174 cm³/mol. The molecular weight excluding hydrogens is 528 g/mol. The Morgan fingerprint density at radius 2 is 1.31 bits per heavy atom. The first-order valence-electron chi connectivity index (χ1n) is 17.8. The van der Waals surface area contributed by atoms with E-state index in [4.69, 9.17) is 14.2 Å². The monoisotopic (exact) mass is 597 g/mol. The Kier molecular flexibility index (Phi) is 25.3. The van der Waals surface area contributed by atoms with Crippen molar-refractivity contribution in [1.82, 2.24) is 10.2 Å². The van der Waals surface area contributed by atoms with Crippen molar-refractivity contribution in [3.05, 3.63) is 0 Å². The molecule has 0 saturated carbocycles. The number of carbonyl (C=O) groups is 2. The summed E-state index contributed by atoms with van der Waals surface area (Å²) in [5, 5.41) is 3.24. The molecule has 0 bridgehead atoms. The molecule has 1 aliphatic rings. The lowest BCUT2D eigenvalue weighted by molar-refractivity contribution is -0.150. The summed E-state index contributed by atoms with van der Waals surface area (Å²) in [6.07, 6.45) is 24.6. The summed E-state index contributed by atoms with van der Waals surface area (Å²) in [6.45, 7) is 7.41. The van der Waals surface area contributed by atoms with Crippen molar-refractivity contribution < 1.29 is 23.8 Å². The molecule has 0 aromatic rings. The first kappa shape index (κ1) is 38.8. The van der Waals surface area contributed by atoms with Gasteiger partial charge in [-0.25, -0.2) is 0 Å². The highest BCUT2D eigenvalue weighted by molar-refractivity contribution is 5.76. The zero-order valence-electron chi connectivity index (χ0n) is 28.1. The molecule has 1 N–H and O–H groups in total. The number of rotatable bonds is 29. The molecule has 0 amide bonds. The maximum absolute atomic E-state index is 12.6. The highest BCUT2D eigenvalue weighted by Crippen LogP contribution is 2.18. The van der Waals surface area contributed by atoms with Crippen LogP contribution in [0.25, 0.3) is 0 Å². The van der Waals surface area contributed by atoms with Crippen molar-refractivity contribution >= 4 is 11.9 Å². The van der Waals surface area contributed by atoms with Gasteiger partial charge in [-0.05, 0) is 65.6 Å². The first-order chi connectivity index (χ1) is 20.5. The van der Waals surface area contributed by atoms with Crippen LogP contribution in [-0.4, -0.2) is 75.5 Å². The van der Waals surface area contributed by atoms with Gasteiger partial charge >= 0.3 is 11.9 Å². The van der Waals surface area contributed by atoms with Crippen LogP contribution in [0, 0.1) is 0 Å². The molecule has 42 heavy (non-hydrogen) atoms. The Hall–Kier alpha value is -1.18. The van der Waals surface area contributed by atoms with Gasteiger partial charge in [0.15, 0.2) is 0 Å². The molecule has 248 valence electrons. The van der Waals surface area contributed by atoms with E-state index < -0.39 is 0 Å². The van der Waals surface area contributed by atoms with Crippen LogP contribution in [-0.2, 0) is 23.8 Å². The van der Waals surface area contributed by atoms with E-state index in [1.54, 1.807) is 0 Å². The van der Waals surface area contributed by atoms with Crippen LogP contribution in [0.5, 0.6) is 0 Å². The van der Waals surface area contributed by atoms with Crippen LogP contribution in [0.4, 0.5) is 0 Å². The summed E-state index contributed by atoms with van der Waals surface area (Å²) in [5.41, 5.74) is 0. The lowest BCUT2D eigenvalue weighted by atomic mass is 10.0. The van der Waals surface area contributed by atoms with E-state index in [0.717, 1.165) is 64.5 Å². The largest absolute Gasteiger partial charge is 0.465 e. The van der Waals surface area contributed by atoms with Crippen molar-refractivity contribution in [2.75, 3.05) is 40.4 Å². The number of nitrogens with zero attached hydrogens (tertiary/aromatic N) is 1. The molecule has 0 aromatic carbocycles. The van der Waals surface area contributed by atoms with E-state index in [1.165, 1.54) is 77.0 Å². The van der Waals surface area contributed by atoms with Crippen molar-refractivity contribution in [3.63, 3.8) is 0 Å². The van der Waals surface area contributed by atoms with Crippen molar-refractivity contribution in [3.8, 4) is 0 Å². The third-order valence-corrected chi connectivity index (χ3v) is 8.31. The molecular formula is C35H68N2O5. The van der Waals surface area contributed by atoms with E-state index in [1.807, 2.05) is 0 Å². The Morgan fingerprint density at radius 1 is 0.738 bits per heavy atom. The fourth-order valence-corrected chi connectivity index (χ4v) is 5.63. The zero-order valence-corrected chi connectivity index (χ0v) is 28.1. The van der Waals surface area contributed by atoms with E-state index in [0.29, 0.717) is 26.0 Å². The number of hydrogen-bond donors (Lipinski definition) is 1. The molecule has 1 rings (SSSR count). The van der Waals surface area contributed by atoms with Crippen LogP contribution in [0.1, 0.15) is 155 Å².